The summed E-state index contributed by atoms with van der Waals surface area (Å²) in [6, 6.07) is 17.8. The first-order chi connectivity index (χ1) is 12.2. The number of carbonyl (C=O) groups is 1. The number of benzene rings is 2. The third-order valence-corrected chi connectivity index (χ3v) is 4.82. The molecule has 0 unspecified atom stereocenters. The van der Waals surface area contributed by atoms with Crippen LogP contribution < -0.4 is 0 Å². The van der Waals surface area contributed by atoms with E-state index in [0.717, 1.165) is 16.6 Å². The Morgan fingerprint density at radius 1 is 1.16 bits per heavy atom. The predicted molar refractivity (Wildman–Crippen MR) is 96.1 cm³/mol. The third-order valence-electron chi connectivity index (χ3n) is 4.29. The van der Waals surface area contributed by atoms with Crippen LogP contribution in [0.25, 0.3) is 5.69 Å². The zero-order chi connectivity index (χ0) is 17.2. The number of esters is 1. The standard InChI is InChI=1S/C19H16BrN3O2/c20-14-8-6-13(7-9-14)16-10-17(16)19(24)25-11-18-21-12-23(22-18)15-4-2-1-3-5-15/h1-9,12,16-17H,10-11H2/t16-,17+/m0/s1. The summed E-state index contributed by atoms with van der Waals surface area (Å²) in [5.41, 5.74) is 2.10. The Morgan fingerprint density at radius 2 is 1.92 bits per heavy atom. The number of halogens is 1. The molecule has 1 fully saturated rings. The van der Waals surface area contributed by atoms with Crippen molar-refractivity contribution in [1.82, 2.24) is 14.8 Å². The van der Waals surface area contributed by atoms with E-state index in [2.05, 4.69) is 26.0 Å². The van der Waals surface area contributed by atoms with Gasteiger partial charge < -0.3 is 4.74 Å². The minimum absolute atomic E-state index is 0.0580. The molecule has 1 aromatic heterocycles. The van der Waals surface area contributed by atoms with Gasteiger partial charge in [0.15, 0.2) is 12.4 Å². The molecular weight excluding hydrogens is 382 g/mol. The summed E-state index contributed by atoms with van der Waals surface area (Å²) in [6.45, 7) is 0.0994. The summed E-state index contributed by atoms with van der Waals surface area (Å²) >= 11 is 3.42. The van der Waals surface area contributed by atoms with Crippen LogP contribution in [0.1, 0.15) is 23.7 Å². The number of hydrogen-bond donors (Lipinski definition) is 0. The fraction of sp³-hybridized carbons (Fsp3) is 0.211. The number of ether oxygens (including phenoxy) is 1. The fourth-order valence-electron chi connectivity index (χ4n) is 2.85. The molecule has 0 aliphatic heterocycles. The van der Waals surface area contributed by atoms with Crippen molar-refractivity contribution in [2.75, 3.05) is 0 Å². The van der Waals surface area contributed by atoms with Gasteiger partial charge in [0.25, 0.3) is 0 Å². The number of hydrogen-bond acceptors (Lipinski definition) is 4. The van der Waals surface area contributed by atoms with E-state index in [1.54, 1.807) is 11.0 Å². The molecule has 0 saturated heterocycles. The van der Waals surface area contributed by atoms with Gasteiger partial charge in [0.2, 0.25) is 0 Å². The van der Waals surface area contributed by atoms with Crippen molar-refractivity contribution in [3.63, 3.8) is 0 Å². The molecule has 4 rings (SSSR count). The smallest absolute Gasteiger partial charge is 0.310 e. The summed E-state index contributed by atoms with van der Waals surface area (Å²) in [5, 5.41) is 4.34. The van der Waals surface area contributed by atoms with Crippen LogP contribution in [0.3, 0.4) is 0 Å². The molecule has 25 heavy (non-hydrogen) atoms. The van der Waals surface area contributed by atoms with E-state index < -0.39 is 0 Å². The maximum absolute atomic E-state index is 12.2. The van der Waals surface area contributed by atoms with Gasteiger partial charge >= 0.3 is 5.97 Å². The van der Waals surface area contributed by atoms with E-state index in [4.69, 9.17) is 4.74 Å². The number of nitrogens with zero attached hydrogens (tertiary/aromatic N) is 3. The second-order valence-corrected chi connectivity index (χ2v) is 6.96. The molecular formula is C19H16BrN3O2. The van der Waals surface area contributed by atoms with Crippen molar-refractivity contribution >= 4 is 21.9 Å². The molecule has 2 atom stereocenters. The van der Waals surface area contributed by atoms with Crippen LogP contribution in [0.5, 0.6) is 0 Å². The van der Waals surface area contributed by atoms with Gasteiger partial charge in [0, 0.05) is 4.47 Å². The largest absolute Gasteiger partial charge is 0.457 e. The highest BCUT2D eigenvalue weighted by atomic mass is 79.9. The normalized spacial score (nSPS) is 18.8. The lowest BCUT2D eigenvalue weighted by atomic mass is 10.1. The highest BCUT2D eigenvalue weighted by molar-refractivity contribution is 9.10. The van der Waals surface area contributed by atoms with Crippen LogP contribution >= 0.6 is 15.9 Å². The van der Waals surface area contributed by atoms with Crippen molar-refractivity contribution in [3.05, 3.63) is 76.8 Å². The number of carbonyl (C=O) groups excluding carboxylic acids is 1. The third kappa shape index (κ3) is 3.64. The first-order valence-corrected chi connectivity index (χ1v) is 8.88. The Labute approximate surface area is 153 Å². The van der Waals surface area contributed by atoms with Crippen molar-refractivity contribution in [1.29, 1.82) is 0 Å². The van der Waals surface area contributed by atoms with Crippen molar-refractivity contribution in [2.45, 2.75) is 18.9 Å². The first-order valence-electron chi connectivity index (χ1n) is 8.09. The van der Waals surface area contributed by atoms with E-state index in [9.17, 15) is 4.79 Å². The van der Waals surface area contributed by atoms with Crippen molar-refractivity contribution in [3.8, 4) is 5.69 Å². The molecule has 126 valence electrons. The number of aromatic nitrogens is 3. The quantitative estimate of drug-likeness (QED) is 0.613. The first kappa shape index (κ1) is 16.0. The molecule has 3 aromatic rings. The van der Waals surface area contributed by atoms with E-state index >= 15 is 0 Å². The average Bonchev–Trinajstić information content (AvgIpc) is 3.31. The van der Waals surface area contributed by atoms with Gasteiger partial charge in [0.1, 0.15) is 6.33 Å². The Balaban J connectivity index is 1.33. The van der Waals surface area contributed by atoms with Crippen molar-refractivity contribution in [2.24, 2.45) is 5.92 Å². The molecule has 1 saturated carbocycles. The highest BCUT2D eigenvalue weighted by Crippen LogP contribution is 2.48. The molecule has 0 amide bonds. The second-order valence-electron chi connectivity index (χ2n) is 6.05. The van der Waals surface area contributed by atoms with Gasteiger partial charge in [-0.1, -0.05) is 46.3 Å². The predicted octanol–water partition coefficient (Wildman–Crippen LogP) is 3.88. The second kappa shape index (κ2) is 6.80. The summed E-state index contributed by atoms with van der Waals surface area (Å²) in [7, 11) is 0. The van der Waals surface area contributed by atoms with Gasteiger partial charge in [0.05, 0.1) is 11.6 Å². The summed E-state index contributed by atoms with van der Waals surface area (Å²) in [6.07, 6.45) is 2.46. The molecule has 0 bridgehead atoms. The molecule has 1 heterocycles. The minimum atomic E-state index is -0.177. The maximum Gasteiger partial charge on any atom is 0.310 e. The fourth-order valence-corrected chi connectivity index (χ4v) is 3.11. The van der Waals surface area contributed by atoms with E-state index in [1.165, 1.54) is 5.56 Å². The van der Waals surface area contributed by atoms with Crippen LogP contribution in [-0.2, 0) is 16.1 Å². The van der Waals surface area contributed by atoms with Crippen LogP contribution in [0.15, 0.2) is 65.4 Å². The SMILES string of the molecule is O=C(OCc1ncn(-c2ccccc2)n1)[C@@H]1C[C@H]1c1ccc(Br)cc1. The monoisotopic (exact) mass is 397 g/mol. The lowest BCUT2D eigenvalue weighted by Gasteiger charge is -2.03. The van der Waals surface area contributed by atoms with Gasteiger partial charge in [-0.3, -0.25) is 4.79 Å². The van der Waals surface area contributed by atoms with E-state index in [-0.39, 0.29) is 24.4 Å². The van der Waals surface area contributed by atoms with E-state index in [0.29, 0.717) is 5.82 Å². The molecule has 1 aliphatic rings. The van der Waals surface area contributed by atoms with Gasteiger partial charge in [-0.25, -0.2) is 9.67 Å². The molecule has 0 N–H and O–H groups in total. The van der Waals surface area contributed by atoms with Crippen LogP contribution in [-0.4, -0.2) is 20.7 Å². The Morgan fingerprint density at radius 3 is 2.68 bits per heavy atom. The Hall–Kier alpha value is -2.47. The highest BCUT2D eigenvalue weighted by Gasteiger charge is 2.45. The van der Waals surface area contributed by atoms with Crippen LogP contribution in [0.2, 0.25) is 0 Å². The molecule has 0 radical (unpaired) electrons. The van der Waals surface area contributed by atoms with Crippen LogP contribution in [0, 0.1) is 5.92 Å². The average molecular weight is 398 g/mol. The minimum Gasteiger partial charge on any atom is -0.457 e. The zero-order valence-electron chi connectivity index (χ0n) is 13.4. The lowest BCUT2D eigenvalue weighted by molar-refractivity contribution is -0.146. The topological polar surface area (TPSA) is 57.0 Å². The van der Waals surface area contributed by atoms with Gasteiger partial charge in [-0.05, 0) is 42.2 Å². The van der Waals surface area contributed by atoms with Gasteiger partial charge in [-0.15, -0.1) is 5.10 Å². The summed E-state index contributed by atoms with van der Waals surface area (Å²) in [5.74, 6) is 0.523. The molecule has 0 spiro atoms. The Bertz CT molecular complexity index is 877. The molecule has 2 aromatic carbocycles. The van der Waals surface area contributed by atoms with Crippen molar-refractivity contribution < 1.29 is 9.53 Å². The molecule has 5 nitrogen and oxygen atoms in total. The molecule has 6 heteroatoms. The lowest BCUT2D eigenvalue weighted by Crippen LogP contribution is -2.09. The Kier molecular flexibility index (Phi) is 4.36. The molecule has 1 aliphatic carbocycles. The summed E-state index contributed by atoms with van der Waals surface area (Å²) < 4.78 is 8.10. The maximum atomic E-state index is 12.2. The zero-order valence-corrected chi connectivity index (χ0v) is 15.0. The van der Waals surface area contributed by atoms with E-state index in [1.807, 2.05) is 54.6 Å². The number of para-hydroxylation sites is 1. The van der Waals surface area contributed by atoms with Crippen LogP contribution in [0.4, 0.5) is 0 Å². The van der Waals surface area contributed by atoms with Gasteiger partial charge in [-0.2, -0.15) is 0 Å². The number of rotatable bonds is 5. The summed E-state index contributed by atoms with van der Waals surface area (Å²) in [4.78, 5) is 16.4.